The Hall–Kier alpha value is -0.0200. The van der Waals surface area contributed by atoms with E-state index in [4.69, 9.17) is 4.74 Å². The van der Waals surface area contributed by atoms with E-state index in [2.05, 4.69) is 50.9 Å². The second kappa shape index (κ2) is 8.98. The number of hydrogen-bond donors (Lipinski definition) is 0. The van der Waals surface area contributed by atoms with E-state index in [0.717, 1.165) is 10.2 Å². The van der Waals surface area contributed by atoms with E-state index in [1.165, 1.54) is 37.7 Å². The Bertz CT molecular complexity index is 352. The predicted molar refractivity (Wildman–Crippen MR) is 85.7 cm³/mol. The van der Waals surface area contributed by atoms with Crippen molar-refractivity contribution in [2.24, 2.45) is 0 Å². The van der Waals surface area contributed by atoms with Crippen molar-refractivity contribution in [3.63, 3.8) is 0 Å². The maximum absolute atomic E-state index is 5.52. The van der Waals surface area contributed by atoms with Crippen LogP contribution in [0.15, 0.2) is 22.7 Å². The zero-order valence-electron chi connectivity index (χ0n) is 11.2. The topological polar surface area (TPSA) is 9.23 Å². The average Bonchev–Trinajstić information content (AvgIpc) is 2.37. The molecule has 0 fully saturated rings. The molecule has 18 heavy (non-hydrogen) atoms. The molecule has 0 saturated heterocycles. The van der Waals surface area contributed by atoms with Gasteiger partial charge >= 0.3 is 0 Å². The first-order chi connectivity index (χ1) is 8.69. The van der Waals surface area contributed by atoms with Crippen molar-refractivity contribution in [3.8, 4) is 5.75 Å². The lowest BCUT2D eigenvalue weighted by Gasteiger charge is -2.12. The molecular weight excluding hydrogens is 356 g/mol. The van der Waals surface area contributed by atoms with Gasteiger partial charge in [0, 0.05) is 4.83 Å². The number of halogens is 2. The molecule has 1 nitrogen and oxygen atoms in total. The van der Waals surface area contributed by atoms with Crippen LogP contribution < -0.4 is 4.74 Å². The molecule has 0 aliphatic carbocycles. The van der Waals surface area contributed by atoms with Crippen LogP contribution in [0.25, 0.3) is 0 Å². The molecule has 1 rings (SSSR count). The fourth-order valence-electron chi connectivity index (χ4n) is 1.90. The third-order valence-corrected chi connectivity index (χ3v) is 4.53. The van der Waals surface area contributed by atoms with Gasteiger partial charge in [-0.25, -0.2) is 0 Å². The van der Waals surface area contributed by atoms with E-state index in [1.807, 2.05) is 13.0 Å². The van der Waals surface area contributed by atoms with E-state index >= 15 is 0 Å². The zero-order chi connectivity index (χ0) is 13.4. The molecule has 102 valence electrons. The van der Waals surface area contributed by atoms with Crippen molar-refractivity contribution < 1.29 is 4.74 Å². The molecule has 1 unspecified atom stereocenters. The van der Waals surface area contributed by atoms with Gasteiger partial charge in [0.25, 0.3) is 0 Å². The molecule has 0 bridgehead atoms. The highest BCUT2D eigenvalue weighted by Gasteiger charge is 2.09. The molecule has 0 heterocycles. The number of unbranched alkanes of at least 4 members (excludes halogenated alkanes) is 3. The number of ether oxygens (including phenoxy) is 1. The highest BCUT2D eigenvalue weighted by Crippen LogP contribution is 2.34. The van der Waals surface area contributed by atoms with Gasteiger partial charge in [-0.2, -0.15) is 0 Å². The lowest BCUT2D eigenvalue weighted by molar-refractivity contribution is 0.338. The summed E-state index contributed by atoms with van der Waals surface area (Å²) < 4.78 is 6.56. The summed E-state index contributed by atoms with van der Waals surface area (Å²) in [7, 11) is 0. The lowest BCUT2D eigenvalue weighted by Crippen LogP contribution is -1.95. The smallest absolute Gasteiger partial charge is 0.133 e. The molecule has 0 spiro atoms. The Morgan fingerprint density at radius 2 is 1.94 bits per heavy atom. The summed E-state index contributed by atoms with van der Waals surface area (Å²) >= 11 is 7.34. The van der Waals surface area contributed by atoms with Crippen molar-refractivity contribution in [1.29, 1.82) is 0 Å². The second-order valence-electron chi connectivity index (χ2n) is 4.44. The number of hydrogen-bond acceptors (Lipinski definition) is 1. The maximum Gasteiger partial charge on any atom is 0.133 e. The Morgan fingerprint density at radius 3 is 2.56 bits per heavy atom. The molecule has 0 aliphatic heterocycles. The van der Waals surface area contributed by atoms with E-state index in [1.54, 1.807) is 0 Å². The molecule has 0 amide bonds. The van der Waals surface area contributed by atoms with Crippen molar-refractivity contribution in [2.75, 3.05) is 6.61 Å². The lowest BCUT2D eigenvalue weighted by atomic mass is 10.1. The van der Waals surface area contributed by atoms with E-state index in [-0.39, 0.29) is 0 Å². The summed E-state index contributed by atoms with van der Waals surface area (Å²) in [6, 6.07) is 6.35. The minimum absolute atomic E-state index is 0.446. The normalized spacial score (nSPS) is 12.4. The monoisotopic (exact) mass is 376 g/mol. The van der Waals surface area contributed by atoms with Crippen molar-refractivity contribution in [1.82, 2.24) is 0 Å². The summed E-state index contributed by atoms with van der Waals surface area (Å²) in [4.78, 5) is 0.446. The fraction of sp³-hybridized carbons (Fsp3) is 0.600. The third kappa shape index (κ3) is 5.31. The molecule has 1 aromatic carbocycles. The van der Waals surface area contributed by atoms with Crippen LogP contribution in [0.2, 0.25) is 0 Å². The Morgan fingerprint density at radius 1 is 1.17 bits per heavy atom. The SMILES string of the molecule is CCCCCCC(Br)c1ccc(OCC)c(Br)c1. The number of rotatable bonds is 8. The molecule has 0 aliphatic rings. The van der Waals surface area contributed by atoms with Crippen LogP contribution in [0.4, 0.5) is 0 Å². The minimum atomic E-state index is 0.446. The van der Waals surface area contributed by atoms with Gasteiger partial charge in [0.1, 0.15) is 5.75 Å². The first-order valence-corrected chi connectivity index (χ1v) is 8.46. The minimum Gasteiger partial charge on any atom is -0.493 e. The molecule has 0 radical (unpaired) electrons. The van der Waals surface area contributed by atoms with Crippen LogP contribution in [0.3, 0.4) is 0 Å². The van der Waals surface area contributed by atoms with Crippen LogP contribution in [0, 0.1) is 0 Å². The van der Waals surface area contributed by atoms with Gasteiger partial charge < -0.3 is 4.74 Å². The molecule has 0 aromatic heterocycles. The van der Waals surface area contributed by atoms with Gasteiger partial charge in [0.15, 0.2) is 0 Å². The van der Waals surface area contributed by atoms with E-state index in [9.17, 15) is 0 Å². The van der Waals surface area contributed by atoms with Crippen LogP contribution in [0.1, 0.15) is 56.3 Å². The molecule has 0 saturated carbocycles. The first kappa shape index (κ1) is 16.0. The molecule has 0 N–H and O–H groups in total. The Balaban J connectivity index is 2.52. The first-order valence-electron chi connectivity index (χ1n) is 6.75. The maximum atomic E-state index is 5.52. The second-order valence-corrected chi connectivity index (χ2v) is 6.40. The van der Waals surface area contributed by atoms with Crippen LogP contribution in [-0.4, -0.2) is 6.61 Å². The molecule has 1 atom stereocenters. The quantitative estimate of drug-likeness (QED) is 0.384. The van der Waals surface area contributed by atoms with Crippen LogP contribution in [0.5, 0.6) is 5.75 Å². The fourth-order valence-corrected chi connectivity index (χ4v) is 3.02. The standard InChI is InChI=1S/C15H22Br2O/c1-3-5-6-7-8-13(16)12-9-10-15(18-4-2)14(17)11-12/h9-11,13H,3-8H2,1-2H3. The Labute approximate surface area is 128 Å². The number of benzene rings is 1. The molecule has 1 aromatic rings. The van der Waals surface area contributed by atoms with E-state index < -0.39 is 0 Å². The largest absolute Gasteiger partial charge is 0.493 e. The van der Waals surface area contributed by atoms with Gasteiger partial charge in [-0.3, -0.25) is 0 Å². The third-order valence-electron chi connectivity index (χ3n) is 2.93. The number of alkyl halides is 1. The van der Waals surface area contributed by atoms with Crippen LogP contribution >= 0.6 is 31.9 Å². The van der Waals surface area contributed by atoms with Crippen molar-refractivity contribution in [3.05, 3.63) is 28.2 Å². The van der Waals surface area contributed by atoms with Crippen LogP contribution in [-0.2, 0) is 0 Å². The van der Waals surface area contributed by atoms with Gasteiger partial charge in [-0.1, -0.05) is 54.6 Å². The summed E-state index contributed by atoms with van der Waals surface area (Å²) in [6.07, 6.45) is 6.44. The summed E-state index contributed by atoms with van der Waals surface area (Å²) in [5.41, 5.74) is 1.32. The van der Waals surface area contributed by atoms with Gasteiger partial charge in [0.05, 0.1) is 11.1 Å². The highest BCUT2D eigenvalue weighted by atomic mass is 79.9. The summed E-state index contributed by atoms with van der Waals surface area (Å²) in [5, 5.41) is 0. The summed E-state index contributed by atoms with van der Waals surface area (Å²) in [6.45, 7) is 4.95. The Kier molecular flexibility index (Phi) is 8.00. The van der Waals surface area contributed by atoms with Crippen molar-refractivity contribution in [2.45, 2.75) is 50.8 Å². The predicted octanol–water partition coefficient (Wildman–Crippen LogP) is 6.25. The molecule has 3 heteroatoms. The van der Waals surface area contributed by atoms with E-state index in [0.29, 0.717) is 11.4 Å². The highest BCUT2D eigenvalue weighted by molar-refractivity contribution is 9.10. The van der Waals surface area contributed by atoms with Gasteiger partial charge in [0.2, 0.25) is 0 Å². The van der Waals surface area contributed by atoms with Gasteiger partial charge in [-0.05, 0) is 47.0 Å². The molecular formula is C15H22Br2O. The summed E-state index contributed by atoms with van der Waals surface area (Å²) in [5.74, 6) is 0.923. The van der Waals surface area contributed by atoms with Gasteiger partial charge in [-0.15, -0.1) is 0 Å². The zero-order valence-corrected chi connectivity index (χ0v) is 14.4. The van der Waals surface area contributed by atoms with Crippen molar-refractivity contribution >= 4 is 31.9 Å². The average molecular weight is 378 g/mol.